The zero-order chi connectivity index (χ0) is 82.6. The molecule has 4 saturated heterocycles. The van der Waals surface area contributed by atoms with E-state index in [1.165, 1.54) is 36.4 Å². The molecule has 5 atom stereocenters. The predicted octanol–water partition coefficient (Wildman–Crippen LogP) is 8.05. The molecule has 6 aromatic heterocycles. The van der Waals surface area contributed by atoms with E-state index in [4.69, 9.17) is 28.9 Å². The lowest BCUT2D eigenvalue weighted by molar-refractivity contribution is -0.137. The van der Waals surface area contributed by atoms with Crippen molar-refractivity contribution in [2.45, 2.75) is 89.3 Å². The number of rotatable bonds is 25. The van der Waals surface area contributed by atoms with E-state index in [0.717, 1.165) is 92.8 Å². The summed E-state index contributed by atoms with van der Waals surface area (Å²) >= 11 is 2.97. The second-order valence-corrected chi connectivity index (χ2v) is 33.7. The third kappa shape index (κ3) is 15.6. The summed E-state index contributed by atoms with van der Waals surface area (Å²) in [6.07, 6.45) is 0.0970. The molecule has 7 amide bonds. The van der Waals surface area contributed by atoms with E-state index in [-0.39, 0.29) is 121 Å². The molecule has 18 rings (SSSR count). The van der Waals surface area contributed by atoms with Gasteiger partial charge < -0.3 is 60.0 Å². The molecule has 620 valence electrons. The zero-order valence-electron chi connectivity index (χ0n) is 66.7. The highest BCUT2D eigenvalue weighted by Crippen LogP contribution is 2.44. The molecule has 0 spiro atoms. The van der Waals surface area contributed by atoms with E-state index in [9.17, 15) is 43.5 Å². The number of aryl methyl sites for hydroxylation is 1. The average Bonchev–Trinajstić information content (AvgIpc) is 1.61. The second-order valence-electron chi connectivity index (χ2n) is 31.6. The zero-order valence-corrected chi connectivity index (χ0v) is 68.4. The highest BCUT2D eigenvalue weighted by Gasteiger charge is 2.36. The van der Waals surface area contributed by atoms with Crippen LogP contribution in [0.2, 0.25) is 0 Å². The minimum absolute atomic E-state index is 0.00513. The van der Waals surface area contributed by atoms with Crippen molar-refractivity contribution in [2.75, 3.05) is 139 Å². The van der Waals surface area contributed by atoms with Gasteiger partial charge in [0.25, 0.3) is 11.8 Å². The molecule has 0 saturated carbocycles. The molecule has 32 heteroatoms. The van der Waals surface area contributed by atoms with Crippen molar-refractivity contribution in [2.24, 2.45) is 7.05 Å². The number of imide groups is 2. The highest BCUT2D eigenvalue weighted by atomic mass is 32.1. The van der Waals surface area contributed by atoms with Crippen molar-refractivity contribution in [1.82, 2.24) is 59.3 Å². The van der Waals surface area contributed by atoms with Gasteiger partial charge >= 0.3 is 11.4 Å². The number of hydrogen-bond donors (Lipinski definition) is 7. The van der Waals surface area contributed by atoms with E-state index in [0.29, 0.717) is 115 Å². The van der Waals surface area contributed by atoms with Crippen LogP contribution in [0.25, 0.3) is 86.6 Å². The van der Waals surface area contributed by atoms with E-state index in [1.807, 2.05) is 90.4 Å². The maximum atomic E-state index is 15.1. The molecule has 6 aliphatic rings. The van der Waals surface area contributed by atoms with Crippen LogP contribution in [0, 0.1) is 0 Å². The summed E-state index contributed by atoms with van der Waals surface area (Å²) in [5, 5.41) is 33.4. The number of nitrogens with one attached hydrogen (secondary N) is 6. The minimum atomic E-state index is -0.990. The number of hydrogen-bond acceptors (Lipinski definition) is 23. The monoisotopic (exact) mass is 1660 g/mol. The standard InChI is InChI=1S/C88H92N16O14S2/c1-50-45-89-78-76-59-12-14-61(93-63(59)16-22-70(76)119-81(78)85(111)91-50)53-6-4-8-56(43-53)98-28-32-100(33-29-98)74(107)48-117-40-38-115-36-26-52-10-18-65-69(42-52)102(88(114)103(65)67-20-24-72(105)95-83(67)109)47-55-11-19-66-80(97(3)87(113)104(66)68-21-25-73(106)96-84(68)110)58(55)27-37-116-39-41-118-49-75(108)101-34-30-99(31-35-101)57-9-5-7-54(44-57)62-15-13-60-64(94-62)17-23-71-77(60)79-82(120-71)86(112)92-51(2)46-90-79/h4-19,22-23,42-44,50-51,67-68,75,89-90,108H,20-21,24-41,45-49H2,1-3H3,(H,91,111)(H,92,112)(H,95,105,109)(H,96,106,110)/t50-,51-,67?,68?,75?/m1/s1. The average molecular weight is 1660 g/mol. The van der Waals surface area contributed by atoms with E-state index in [2.05, 4.69) is 90.2 Å². The number of fused-ring (bicyclic) bond motifs is 12. The Morgan fingerprint density at radius 3 is 1.66 bits per heavy atom. The summed E-state index contributed by atoms with van der Waals surface area (Å²) in [6, 6.07) is 40.2. The Labute approximate surface area is 696 Å². The fourth-order valence-electron chi connectivity index (χ4n) is 17.6. The minimum Gasteiger partial charge on any atom is -0.381 e. The van der Waals surface area contributed by atoms with Gasteiger partial charge in [0.05, 0.1) is 109 Å². The number of imidazole rings is 2. The van der Waals surface area contributed by atoms with Crippen LogP contribution in [-0.2, 0) is 69.4 Å². The molecule has 120 heavy (non-hydrogen) atoms. The Hall–Kier alpha value is -11.7. The van der Waals surface area contributed by atoms with Crippen molar-refractivity contribution in [3.8, 4) is 22.5 Å². The van der Waals surface area contributed by atoms with Gasteiger partial charge in [-0.2, -0.15) is 0 Å². The van der Waals surface area contributed by atoms with E-state index >= 15 is 4.79 Å². The van der Waals surface area contributed by atoms with Crippen LogP contribution in [0.15, 0.2) is 137 Å². The van der Waals surface area contributed by atoms with Crippen LogP contribution in [0.5, 0.6) is 0 Å². The number of carbonyl (C=O) groups is 7. The summed E-state index contributed by atoms with van der Waals surface area (Å²) in [7, 11) is 1.62. The summed E-state index contributed by atoms with van der Waals surface area (Å²) in [6.45, 7) is 11.1. The molecule has 0 aliphatic carbocycles. The van der Waals surface area contributed by atoms with Gasteiger partial charge in [-0.1, -0.05) is 36.4 Å². The van der Waals surface area contributed by atoms with Crippen LogP contribution in [0.3, 0.4) is 0 Å². The number of aliphatic hydroxyl groups is 1. The molecule has 30 nitrogen and oxygen atoms in total. The number of aliphatic hydroxyl groups excluding tert-OH is 1. The maximum absolute atomic E-state index is 15.1. The van der Waals surface area contributed by atoms with Crippen LogP contribution < -0.4 is 53.1 Å². The van der Waals surface area contributed by atoms with Crippen LogP contribution in [0.4, 0.5) is 22.7 Å². The van der Waals surface area contributed by atoms with Crippen molar-refractivity contribution in [3.63, 3.8) is 0 Å². The predicted molar refractivity (Wildman–Crippen MR) is 461 cm³/mol. The number of thiophene rings is 2. The quantitative estimate of drug-likeness (QED) is 0.0210. The third-order valence-corrected chi connectivity index (χ3v) is 26.2. The van der Waals surface area contributed by atoms with Gasteiger partial charge in [-0.15, -0.1) is 22.7 Å². The molecule has 6 aromatic carbocycles. The summed E-state index contributed by atoms with van der Waals surface area (Å²) in [5.74, 6) is -2.27. The second kappa shape index (κ2) is 33.8. The molecule has 0 bridgehead atoms. The molecular formula is C88H92N16O14S2. The Morgan fingerprint density at radius 1 is 0.550 bits per heavy atom. The number of piperidine rings is 2. The van der Waals surface area contributed by atoms with Gasteiger partial charge in [0.2, 0.25) is 29.5 Å². The van der Waals surface area contributed by atoms with Crippen LogP contribution in [-0.4, -0.2) is 221 Å². The number of anilines is 4. The first-order chi connectivity index (χ1) is 58.3. The number of nitrogens with zero attached hydrogens (tertiary/aromatic N) is 10. The highest BCUT2D eigenvalue weighted by molar-refractivity contribution is 7.22. The maximum Gasteiger partial charge on any atom is 0.330 e. The summed E-state index contributed by atoms with van der Waals surface area (Å²) < 4.78 is 32.2. The Morgan fingerprint density at radius 2 is 1.08 bits per heavy atom. The number of carbonyl (C=O) groups excluding carboxylic acids is 7. The van der Waals surface area contributed by atoms with Crippen molar-refractivity contribution >= 4 is 151 Å². The normalized spacial score (nSPS) is 19.0. The third-order valence-electron chi connectivity index (χ3n) is 23.9. The van der Waals surface area contributed by atoms with Gasteiger partial charge in [0.1, 0.15) is 34.7 Å². The number of piperazine rings is 2. The first kappa shape index (κ1) is 79.4. The lowest BCUT2D eigenvalue weighted by Gasteiger charge is -2.38. The first-order valence-corrected chi connectivity index (χ1v) is 42.6. The Balaban J connectivity index is 0.490. The van der Waals surface area contributed by atoms with Crippen molar-refractivity contribution in [1.29, 1.82) is 0 Å². The lowest BCUT2D eigenvalue weighted by Crippen LogP contribution is -2.51. The van der Waals surface area contributed by atoms with E-state index < -0.39 is 53.3 Å². The van der Waals surface area contributed by atoms with Gasteiger partial charge in [0, 0.05) is 151 Å². The van der Waals surface area contributed by atoms with Gasteiger partial charge in [-0.05, 0) is 147 Å². The molecule has 3 unspecified atom stereocenters. The van der Waals surface area contributed by atoms with Crippen LogP contribution >= 0.6 is 22.7 Å². The summed E-state index contributed by atoms with van der Waals surface area (Å²) in [5.41, 5.74) is 12.2. The molecule has 0 radical (unpaired) electrons. The molecule has 12 heterocycles. The number of ether oxygens (including phenoxy) is 4. The fraction of sp³-hybridized carbons (Fsp3) is 0.375. The van der Waals surface area contributed by atoms with Gasteiger partial charge in [0.15, 0.2) is 0 Å². The number of benzene rings is 6. The summed E-state index contributed by atoms with van der Waals surface area (Å²) in [4.78, 5) is 141. The smallest absolute Gasteiger partial charge is 0.330 e. The molecular weight excluding hydrogens is 1570 g/mol. The Bertz CT molecular complexity index is 6230. The number of aromatic nitrogens is 6. The number of pyridine rings is 2. The molecule has 12 aromatic rings. The van der Waals surface area contributed by atoms with Crippen molar-refractivity contribution < 1.29 is 57.6 Å². The lowest BCUT2D eigenvalue weighted by atomic mass is 10.0. The van der Waals surface area contributed by atoms with Crippen LogP contribution in [0.1, 0.15) is 87.6 Å². The SMILES string of the molecule is C[C@@H]1CNc2c(sc3ccc4nc(-c5cccc(N6CCN(C(=O)COCCOCCc7ccc8c(c7)n(Cc7ccc9c(c7CCOCCOCC(O)N7CCN(c%10cccc(-c%11ccc%12c(ccc%13sc%14c(c%13%12)NC[C@@H](C)NC%14=O)n%11)c%10)CC7)n(C)c(=O)n9C7CCC(=O)NC7=O)c(=O)n8C7CCC(=O)NC7=O)CC6)c5)ccc4c23)C(=O)N1. The fourth-order valence-corrected chi connectivity index (χ4v) is 19.8. The Kier molecular flexibility index (Phi) is 22.4. The largest absolute Gasteiger partial charge is 0.381 e. The molecule has 6 aliphatic heterocycles. The van der Waals surface area contributed by atoms with E-state index in [1.54, 1.807) is 23.7 Å². The van der Waals surface area contributed by atoms with Crippen molar-refractivity contribution in [3.05, 3.63) is 175 Å². The molecule has 4 fully saturated rings. The topological polar surface area (TPSA) is 341 Å². The first-order valence-electron chi connectivity index (χ1n) is 41.0. The van der Waals surface area contributed by atoms with Gasteiger partial charge in [-0.25, -0.2) is 19.6 Å². The van der Waals surface area contributed by atoms with Gasteiger partial charge in [-0.3, -0.25) is 67.4 Å². The number of amides is 7. The molecule has 7 N–H and O–H groups in total.